The number of hydrogen-bond donors (Lipinski definition) is 1. The number of amides is 2. The molecule has 0 saturated carbocycles. The molecule has 138 valence electrons. The van der Waals surface area contributed by atoms with Crippen LogP contribution in [-0.4, -0.2) is 68.2 Å². The van der Waals surface area contributed by atoms with E-state index in [-0.39, 0.29) is 6.03 Å². The number of hydrogen-bond acceptors (Lipinski definition) is 5. The number of esters is 1. The highest BCUT2D eigenvalue weighted by Gasteiger charge is 2.26. The summed E-state index contributed by atoms with van der Waals surface area (Å²) in [4.78, 5) is 28.2. The SMILES string of the molecule is COC(=O)C(CCSC)NC(=O)N1CCN(c2cccc(Cl)c2)CC1. The molecule has 0 aliphatic carbocycles. The summed E-state index contributed by atoms with van der Waals surface area (Å²) in [5, 5.41) is 3.50. The Balaban J connectivity index is 1.88. The van der Waals surface area contributed by atoms with Crippen LogP contribution in [0.4, 0.5) is 10.5 Å². The second-order valence-electron chi connectivity index (χ2n) is 5.76. The molecule has 0 spiro atoms. The van der Waals surface area contributed by atoms with E-state index < -0.39 is 12.0 Å². The lowest BCUT2D eigenvalue weighted by atomic mass is 10.2. The quantitative estimate of drug-likeness (QED) is 0.762. The Morgan fingerprint density at radius 3 is 2.64 bits per heavy atom. The van der Waals surface area contributed by atoms with Crippen molar-refractivity contribution in [3.63, 3.8) is 0 Å². The lowest BCUT2D eigenvalue weighted by Crippen LogP contribution is -2.55. The van der Waals surface area contributed by atoms with Crippen molar-refractivity contribution >= 4 is 41.1 Å². The van der Waals surface area contributed by atoms with Gasteiger partial charge in [0, 0.05) is 36.9 Å². The Morgan fingerprint density at radius 1 is 1.32 bits per heavy atom. The predicted octanol–water partition coefficient (Wildman–Crippen LogP) is 2.47. The Labute approximate surface area is 157 Å². The molecule has 1 atom stereocenters. The maximum atomic E-state index is 12.4. The number of carbonyl (C=O) groups excluding carboxylic acids is 2. The summed E-state index contributed by atoms with van der Waals surface area (Å²) in [7, 11) is 1.34. The first-order valence-electron chi connectivity index (χ1n) is 8.18. The van der Waals surface area contributed by atoms with Gasteiger partial charge in [-0.25, -0.2) is 9.59 Å². The van der Waals surface area contributed by atoms with Crippen molar-refractivity contribution < 1.29 is 14.3 Å². The molecule has 8 heteroatoms. The van der Waals surface area contributed by atoms with E-state index in [9.17, 15) is 9.59 Å². The molecule has 0 radical (unpaired) electrons. The van der Waals surface area contributed by atoms with Gasteiger partial charge in [-0.1, -0.05) is 17.7 Å². The number of rotatable bonds is 6. The first kappa shape index (κ1) is 19.7. The lowest BCUT2D eigenvalue weighted by molar-refractivity contribution is -0.142. The van der Waals surface area contributed by atoms with Crippen LogP contribution in [0.2, 0.25) is 5.02 Å². The summed E-state index contributed by atoms with van der Waals surface area (Å²) < 4.78 is 4.78. The van der Waals surface area contributed by atoms with Gasteiger partial charge < -0.3 is 19.9 Å². The van der Waals surface area contributed by atoms with Crippen molar-refractivity contribution in [2.45, 2.75) is 12.5 Å². The maximum Gasteiger partial charge on any atom is 0.328 e. The minimum Gasteiger partial charge on any atom is -0.467 e. The van der Waals surface area contributed by atoms with E-state index in [1.165, 1.54) is 7.11 Å². The van der Waals surface area contributed by atoms with Gasteiger partial charge in [-0.3, -0.25) is 0 Å². The molecule has 6 nitrogen and oxygen atoms in total. The minimum absolute atomic E-state index is 0.220. The molecule has 2 rings (SSSR count). The molecule has 1 heterocycles. The number of benzene rings is 1. The normalized spacial score (nSPS) is 15.6. The third kappa shape index (κ3) is 5.71. The van der Waals surface area contributed by atoms with Gasteiger partial charge >= 0.3 is 12.0 Å². The number of piperazine rings is 1. The maximum absolute atomic E-state index is 12.4. The molecule has 1 aliphatic rings. The van der Waals surface area contributed by atoms with Gasteiger partial charge in [0.05, 0.1) is 7.11 Å². The average molecular weight is 386 g/mol. The zero-order valence-corrected chi connectivity index (χ0v) is 16.1. The first-order chi connectivity index (χ1) is 12.0. The fraction of sp³-hybridized carbons (Fsp3) is 0.529. The Morgan fingerprint density at radius 2 is 2.04 bits per heavy atom. The van der Waals surface area contributed by atoms with Gasteiger partial charge in [0.25, 0.3) is 0 Å². The van der Waals surface area contributed by atoms with E-state index in [2.05, 4.69) is 10.2 Å². The van der Waals surface area contributed by atoms with Crippen LogP contribution in [0.25, 0.3) is 0 Å². The summed E-state index contributed by atoms with van der Waals surface area (Å²) in [6.07, 6.45) is 2.52. The molecule has 1 unspecified atom stereocenters. The van der Waals surface area contributed by atoms with Gasteiger partial charge in [-0.15, -0.1) is 0 Å². The van der Waals surface area contributed by atoms with E-state index in [1.54, 1.807) is 16.7 Å². The van der Waals surface area contributed by atoms with Crippen LogP contribution >= 0.6 is 23.4 Å². The van der Waals surface area contributed by atoms with Gasteiger partial charge in [-0.05, 0) is 36.6 Å². The number of urea groups is 1. The molecule has 1 fully saturated rings. The molecular weight excluding hydrogens is 362 g/mol. The van der Waals surface area contributed by atoms with Gasteiger partial charge in [0.2, 0.25) is 0 Å². The zero-order valence-electron chi connectivity index (χ0n) is 14.5. The number of nitrogens with zero attached hydrogens (tertiary/aromatic N) is 2. The predicted molar refractivity (Wildman–Crippen MR) is 103 cm³/mol. The highest BCUT2D eigenvalue weighted by atomic mass is 35.5. The molecule has 25 heavy (non-hydrogen) atoms. The molecule has 1 aromatic carbocycles. The zero-order chi connectivity index (χ0) is 18.2. The number of methoxy groups -OCH3 is 1. The van der Waals surface area contributed by atoms with Crippen molar-refractivity contribution in [1.82, 2.24) is 10.2 Å². The fourth-order valence-corrected chi connectivity index (χ4v) is 3.36. The van der Waals surface area contributed by atoms with Gasteiger partial charge in [0.15, 0.2) is 0 Å². The van der Waals surface area contributed by atoms with E-state index in [0.717, 1.165) is 24.5 Å². The number of ether oxygens (including phenoxy) is 1. The molecule has 0 bridgehead atoms. The molecule has 1 aromatic rings. The molecule has 1 saturated heterocycles. The van der Waals surface area contributed by atoms with Crippen LogP contribution in [0.3, 0.4) is 0 Å². The van der Waals surface area contributed by atoms with Crippen LogP contribution in [0.15, 0.2) is 24.3 Å². The van der Waals surface area contributed by atoms with Crippen LogP contribution < -0.4 is 10.2 Å². The van der Waals surface area contributed by atoms with Crippen LogP contribution in [0.1, 0.15) is 6.42 Å². The number of thioether (sulfide) groups is 1. The monoisotopic (exact) mass is 385 g/mol. The summed E-state index contributed by atoms with van der Waals surface area (Å²) in [5.74, 6) is 0.378. The van der Waals surface area contributed by atoms with Gasteiger partial charge in [-0.2, -0.15) is 11.8 Å². The van der Waals surface area contributed by atoms with Crippen molar-refractivity contribution in [2.24, 2.45) is 0 Å². The van der Waals surface area contributed by atoms with Crippen LogP contribution in [0, 0.1) is 0 Å². The second kappa shape index (κ2) is 9.77. The summed E-state index contributed by atoms with van der Waals surface area (Å²) in [6, 6.07) is 6.88. The summed E-state index contributed by atoms with van der Waals surface area (Å²) >= 11 is 7.67. The summed E-state index contributed by atoms with van der Waals surface area (Å²) in [5.41, 5.74) is 1.06. The summed E-state index contributed by atoms with van der Waals surface area (Å²) in [6.45, 7) is 2.63. The molecule has 0 aromatic heterocycles. The highest BCUT2D eigenvalue weighted by Crippen LogP contribution is 2.20. The number of nitrogens with one attached hydrogen (secondary N) is 1. The number of halogens is 1. The van der Waals surface area contributed by atoms with Crippen molar-refractivity contribution in [1.29, 1.82) is 0 Å². The number of carbonyl (C=O) groups is 2. The van der Waals surface area contributed by atoms with Crippen LogP contribution in [-0.2, 0) is 9.53 Å². The Bertz CT molecular complexity index is 594. The minimum atomic E-state index is -0.601. The molecular formula is C17H24ClN3O3S. The highest BCUT2D eigenvalue weighted by molar-refractivity contribution is 7.98. The third-order valence-corrected chi connectivity index (χ3v) is 5.01. The smallest absolute Gasteiger partial charge is 0.328 e. The number of anilines is 1. The Kier molecular flexibility index (Phi) is 7.71. The second-order valence-corrected chi connectivity index (χ2v) is 7.18. The van der Waals surface area contributed by atoms with Crippen molar-refractivity contribution in [3.05, 3.63) is 29.3 Å². The standard InChI is InChI=1S/C17H24ClN3O3S/c1-24-16(22)15(6-11-25-2)19-17(23)21-9-7-20(8-10-21)14-5-3-4-13(18)12-14/h3-5,12,15H,6-11H2,1-2H3,(H,19,23). The fourth-order valence-electron chi connectivity index (χ4n) is 2.71. The average Bonchev–Trinajstić information content (AvgIpc) is 2.64. The lowest BCUT2D eigenvalue weighted by Gasteiger charge is -2.36. The largest absolute Gasteiger partial charge is 0.467 e. The van der Waals surface area contributed by atoms with E-state index in [0.29, 0.717) is 24.5 Å². The first-order valence-corrected chi connectivity index (χ1v) is 9.95. The van der Waals surface area contributed by atoms with Crippen LogP contribution in [0.5, 0.6) is 0 Å². The van der Waals surface area contributed by atoms with E-state index in [4.69, 9.17) is 16.3 Å². The van der Waals surface area contributed by atoms with Crippen molar-refractivity contribution in [3.8, 4) is 0 Å². The third-order valence-electron chi connectivity index (χ3n) is 4.13. The topological polar surface area (TPSA) is 61.9 Å². The van der Waals surface area contributed by atoms with Crippen molar-refractivity contribution in [2.75, 3.05) is 50.2 Å². The molecule has 2 amide bonds. The van der Waals surface area contributed by atoms with Gasteiger partial charge in [0.1, 0.15) is 6.04 Å². The Hall–Kier alpha value is -1.60. The molecule has 1 aliphatic heterocycles. The van der Waals surface area contributed by atoms with E-state index in [1.807, 2.05) is 30.5 Å². The van der Waals surface area contributed by atoms with E-state index >= 15 is 0 Å². The molecule has 1 N–H and O–H groups in total.